The number of amides is 2. The number of carbonyl (C=O) groups excluding carboxylic acids is 2. The van der Waals surface area contributed by atoms with Gasteiger partial charge in [-0.3, -0.25) is 13.9 Å². The summed E-state index contributed by atoms with van der Waals surface area (Å²) < 4.78 is 34.6. The molecule has 0 aliphatic heterocycles. The van der Waals surface area contributed by atoms with Crippen LogP contribution in [-0.4, -0.2) is 51.4 Å². The van der Waals surface area contributed by atoms with Crippen molar-refractivity contribution >= 4 is 27.5 Å². The van der Waals surface area contributed by atoms with E-state index in [9.17, 15) is 18.0 Å². The van der Waals surface area contributed by atoms with Crippen LogP contribution in [0.1, 0.15) is 43.4 Å². The molecule has 214 valence electrons. The van der Waals surface area contributed by atoms with E-state index in [1.54, 1.807) is 36.4 Å². The smallest absolute Gasteiger partial charge is 0.264 e. The summed E-state index contributed by atoms with van der Waals surface area (Å²) in [6.45, 7) is 7.74. The van der Waals surface area contributed by atoms with Crippen molar-refractivity contribution in [2.24, 2.45) is 0 Å². The zero-order valence-corrected chi connectivity index (χ0v) is 24.7. The molecule has 0 aromatic heterocycles. The second-order valence-electron chi connectivity index (χ2n) is 9.66. The molecule has 0 fully saturated rings. The second kappa shape index (κ2) is 14.0. The monoisotopic (exact) mass is 565 g/mol. The van der Waals surface area contributed by atoms with Gasteiger partial charge in [0.15, 0.2) is 0 Å². The van der Waals surface area contributed by atoms with E-state index in [1.165, 1.54) is 24.1 Å². The Kier molecular flexibility index (Phi) is 10.7. The number of nitrogens with zero attached hydrogens (tertiary/aromatic N) is 2. The van der Waals surface area contributed by atoms with Crippen LogP contribution in [0.15, 0.2) is 77.7 Å². The Morgan fingerprint density at radius 3 is 2.20 bits per heavy atom. The molecule has 3 rings (SSSR count). The molecular weight excluding hydrogens is 526 g/mol. The van der Waals surface area contributed by atoms with E-state index in [2.05, 4.69) is 5.32 Å². The first-order valence-electron chi connectivity index (χ1n) is 13.5. The van der Waals surface area contributed by atoms with Gasteiger partial charge >= 0.3 is 0 Å². The van der Waals surface area contributed by atoms with Gasteiger partial charge in [0.1, 0.15) is 18.3 Å². The molecule has 0 radical (unpaired) electrons. The van der Waals surface area contributed by atoms with Crippen molar-refractivity contribution in [1.82, 2.24) is 10.2 Å². The quantitative estimate of drug-likeness (QED) is 0.320. The Morgan fingerprint density at radius 1 is 0.925 bits per heavy atom. The molecule has 2 amide bonds. The summed E-state index contributed by atoms with van der Waals surface area (Å²) in [6.07, 6.45) is 1.12. The van der Waals surface area contributed by atoms with Gasteiger partial charge in [-0.1, -0.05) is 67.9 Å². The molecule has 0 bridgehead atoms. The standard InChI is InChI=1S/C31H39N3O5S/c1-6-20-32-31(36)27(7-2)33(21-25-13-9-8-12-24(25)4)30(35)22-34(28-14-10-11-15-29(28)39-5)40(37,38)26-18-16-23(3)17-19-26/h8-19,27H,6-7,20-22H2,1-5H3,(H,32,36). The largest absolute Gasteiger partial charge is 0.495 e. The lowest BCUT2D eigenvalue weighted by Gasteiger charge is -2.33. The molecule has 0 aliphatic carbocycles. The fraction of sp³-hybridized carbons (Fsp3) is 0.355. The van der Waals surface area contributed by atoms with Crippen molar-refractivity contribution in [2.75, 3.05) is 24.5 Å². The predicted molar refractivity (Wildman–Crippen MR) is 158 cm³/mol. The summed E-state index contributed by atoms with van der Waals surface area (Å²) in [5, 5.41) is 2.90. The van der Waals surface area contributed by atoms with Crippen molar-refractivity contribution in [2.45, 2.75) is 58.0 Å². The summed E-state index contributed by atoms with van der Waals surface area (Å²) in [5.74, 6) is -0.455. The second-order valence-corrected chi connectivity index (χ2v) is 11.5. The van der Waals surface area contributed by atoms with Crippen molar-refractivity contribution in [1.29, 1.82) is 0 Å². The minimum atomic E-state index is -4.17. The van der Waals surface area contributed by atoms with Gasteiger partial charge in [-0.25, -0.2) is 8.42 Å². The van der Waals surface area contributed by atoms with Crippen molar-refractivity contribution in [3.05, 3.63) is 89.5 Å². The topological polar surface area (TPSA) is 96.0 Å². The molecule has 3 aromatic carbocycles. The molecule has 1 unspecified atom stereocenters. The van der Waals surface area contributed by atoms with Crippen LogP contribution in [0.2, 0.25) is 0 Å². The van der Waals surface area contributed by atoms with Gasteiger partial charge < -0.3 is 15.0 Å². The summed E-state index contributed by atoms with van der Waals surface area (Å²) in [5.41, 5.74) is 2.99. The average Bonchev–Trinajstić information content (AvgIpc) is 2.95. The van der Waals surface area contributed by atoms with Crippen LogP contribution < -0.4 is 14.4 Å². The van der Waals surface area contributed by atoms with Crippen LogP contribution in [0.3, 0.4) is 0 Å². The lowest BCUT2D eigenvalue weighted by atomic mass is 10.1. The minimum absolute atomic E-state index is 0.0509. The molecule has 0 saturated heterocycles. The molecular formula is C31H39N3O5S. The van der Waals surface area contributed by atoms with Gasteiger partial charge in [-0.15, -0.1) is 0 Å². The SMILES string of the molecule is CCCNC(=O)C(CC)N(Cc1ccccc1C)C(=O)CN(c1ccccc1OC)S(=O)(=O)c1ccc(C)cc1. The van der Waals surface area contributed by atoms with Gasteiger partial charge in [-0.05, 0) is 62.1 Å². The Balaban J connectivity index is 2.10. The maximum atomic E-state index is 14.2. The number of anilines is 1. The lowest BCUT2D eigenvalue weighted by Crippen LogP contribution is -2.52. The average molecular weight is 566 g/mol. The first kappa shape index (κ1) is 30.7. The first-order chi connectivity index (χ1) is 19.1. The van der Waals surface area contributed by atoms with E-state index in [-0.39, 0.29) is 23.0 Å². The molecule has 40 heavy (non-hydrogen) atoms. The molecule has 1 atom stereocenters. The Morgan fingerprint density at radius 2 is 1.57 bits per heavy atom. The third kappa shape index (κ3) is 7.21. The van der Waals surface area contributed by atoms with Crippen molar-refractivity contribution < 1.29 is 22.7 Å². The van der Waals surface area contributed by atoms with E-state index < -0.39 is 28.5 Å². The number of aryl methyl sites for hydroxylation is 2. The molecule has 8 nitrogen and oxygen atoms in total. The van der Waals surface area contributed by atoms with Gasteiger partial charge in [0, 0.05) is 13.1 Å². The number of ether oxygens (including phenoxy) is 1. The first-order valence-corrected chi connectivity index (χ1v) is 14.9. The zero-order valence-electron chi connectivity index (χ0n) is 23.9. The molecule has 3 aromatic rings. The number of rotatable bonds is 13. The number of nitrogens with one attached hydrogen (secondary N) is 1. The number of hydrogen-bond acceptors (Lipinski definition) is 5. The molecule has 9 heteroatoms. The van der Waals surface area contributed by atoms with Crippen molar-refractivity contribution in [3.8, 4) is 5.75 Å². The van der Waals surface area contributed by atoms with Crippen LogP contribution in [0, 0.1) is 13.8 Å². The van der Waals surface area contributed by atoms with Crippen LogP contribution in [0.5, 0.6) is 5.75 Å². The van der Waals surface area contributed by atoms with E-state index in [0.717, 1.165) is 27.4 Å². The third-order valence-corrected chi connectivity index (χ3v) is 8.55. The molecule has 0 heterocycles. The minimum Gasteiger partial charge on any atom is -0.495 e. The Labute approximate surface area is 238 Å². The van der Waals surface area contributed by atoms with Crippen LogP contribution in [0.4, 0.5) is 5.69 Å². The van der Waals surface area contributed by atoms with Crippen molar-refractivity contribution in [3.63, 3.8) is 0 Å². The van der Waals surface area contributed by atoms with Crippen LogP contribution >= 0.6 is 0 Å². The van der Waals surface area contributed by atoms with E-state index in [4.69, 9.17) is 4.74 Å². The summed E-state index contributed by atoms with van der Waals surface area (Å²) in [7, 11) is -2.72. The predicted octanol–water partition coefficient (Wildman–Crippen LogP) is 4.84. The Bertz CT molecular complexity index is 1410. The van der Waals surface area contributed by atoms with Crippen LogP contribution in [0.25, 0.3) is 0 Å². The molecule has 0 spiro atoms. The molecule has 1 N–H and O–H groups in total. The maximum absolute atomic E-state index is 14.2. The Hall–Kier alpha value is -3.85. The van der Waals surface area contributed by atoms with Crippen LogP contribution in [-0.2, 0) is 26.2 Å². The van der Waals surface area contributed by atoms with Gasteiger partial charge in [0.25, 0.3) is 10.0 Å². The summed E-state index contributed by atoms with van der Waals surface area (Å²) in [4.78, 5) is 28.9. The van der Waals surface area contributed by atoms with Gasteiger partial charge in [0.2, 0.25) is 11.8 Å². The van der Waals surface area contributed by atoms with Gasteiger partial charge in [0.05, 0.1) is 17.7 Å². The summed E-state index contributed by atoms with van der Waals surface area (Å²) >= 11 is 0. The number of hydrogen-bond donors (Lipinski definition) is 1. The normalized spacial score (nSPS) is 11.9. The highest BCUT2D eigenvalue weighted by atomic mass is 32.2. The molecule has 0 aliphatic rings. The number of sulfonamides is 1. The molecule has 0 saturated carbocycles. The highest BCUT2D eigenvalue weighted by molar-refractivity contribution is 7.92. The highest BCUT2D eigenvalue weighted by Gasteiger charge is 2.34. The fourth-order valence-electron chi connectivity index (χ4n) is 4.44. The fourth-order valence-corrected chi connectivity index (χ4v) is 5.87. The highest BCUT2D eigenvalue weighted by Crippen LogP contribution is 2.32. The number of benzene rings is 3. The summed E-state index contributed by atoms with van der Waals surface area (Å²) in [6, 6.07) is 20.0. The van der Waals surface area contributed by atoms with E-state index >= 15 is 0 Å². The van der Waals surface area contributed by atoms with E-state index in [1.807, 2.05) is 52.0 Å². The third-order valence-electron chi connectivity index (χ3n) is 6.78. The lowest BCUT2D eigenvalue weighted by molar-refractivity contribution is -0.140. The van der Waals surface area contributed by atoms with Gasteiger partial charge in [-0.2, -0.15) is 0 Å². The van der Waals surface area contributed by atoms with E-state index in [0.29, 0.717) is 18.7 Å². The maximum Gasteiger partial charge on any atom is 0.264 e. The number of para-hydroxylation sites is 2. The number of carbonyl (C=O) groups is 2. The zero-order chi connectivity index (χ0) is 29.3. The number of methoxy groups -OCH3 is 1.